The number of aromatic nitrogens is 4. The van der Waals surface area contributed by atoms with E-state index in [4.69, 9.17) is 40.5 Å². The maximum absolute atomic E-state index is 11.0. The lowest BCUT2D eigenvalue weighted by atomic mass is 10.2. The van der Waals surface area contributed by atoms with Crippen LogP contribution in [-0.2, 0) is 9.59 Å². The molecule has 13 heteroatoms. The van der Waals surface area contributed by atoms with Crippen molar-refractivity contribution in [1.29, 1.82) is 0 Å². The van der Waals surface area contributed by atoms with E-state index < -0.39 is 5.24 Å². The van der Waals surface area contributed by atoms with Gasteiger partial charge in [0.25, 0.3) is 0 Å². The number of hydrogen-bond donors (Lipinski definition) is 2. The molecular weight excluding hydrogens is 527 g/mol. The van der Waals surface area contributed by atoms with Crippen LogP contribution in [0.3, 0.4) is 0 Å². The van der Waals surface area contributed by atoms with Gasteiger partial charge in [0.05, 0.1) is 17.3 Å². The highest BCUT2D eigenvalue weighted by molar-refractivity contribution is 7.14. The zero-order chi connectivity index (χ0) is 24.1. The predicted molar refractivity (Wildman–Crippen MR) is 136 cm³/mol. The fraction of sp³-hybridized carbons (Fsp3) is 0.100. The van der Waals surface area contributed by atoms with E-state index in [9.17, 15) is 9.59 Å². The van der Waals surface area contributed by atoms with Crippen molar-refractivity contribution < 1.29 is 9.59 Å². The Morgan fingerprint density at radius 1 is 0.848 bits per heavy atom. The van der Waals surface area contributed by atoms with Crippen LogP contribution < -0.4 is 11.1 Å². The van der Waals surface area contributed by atoms with Crippen LogP contribution in [0.2, 0.25) is 0 Å². The van der Waals surface area contributed by atoms with E-state index in [1.807, 2.05) is 35.0 Å². The van der Waals surface area contributed by atoms with Crippen LogP contribution in [0.25, 0.3) is 22.5 Å². The SMILES string of the molecule is Nc1nc(-c2ccncc2)cs1.O=C(CCl)Nc1nc(-c2ccncc2)cs1.O=C(Cl)CCl. The average Bonchev–Trinajstić information content (AvgIpc) is 3.50. The van der Waals surface area contributed by atoms with E-state index in [0.717, 1.165) is 22.5 Å². The molecule has 4 aromatic heterocycles. The quantitative estimate of drug-likeness (QED) is 0.263. The Bertz CT molecular complexity index is 1140. The van der Waals surface area contributed by atoms with Crippen LogP contribution in [0.4, 0.5) is 10.3 Å². The summed E-state index contributed by atoms with van der Waals surface area (Å²) in [6, 6.07) is 7.55. The van der Waals surface area contributed by atoms with Gasteiger partial charge in [0.1, 0.15) is 5.88 Å². The van der Waals surface area contributed by atoms with Crippen molar-refractivity contribution in [2.45, 2.75) is 0 Å². The number of anilines is 2. The van der Waals surface area contributed by atoms with Crippen LogP contribution in [0, 0.1) is 0 Å². The Hall–Kier alpha value is -2.63. The zero-order valence-electron chi connectivity index (χ0n) is 16.8. The third-order valence-corrected chi connectivity index (χ3v) is 5.64. The number of carbonyl (C=O) groups is 2. The van der Waals surface area contributed by atoms with Crippen molar-refractivity contribution in [3.8, 4) is 22.5 Å². The zero-order valence-corrected chi connectivity index (χ0v) is 20.7. The molecule has 172 valence electrons. The van der Waals surface area contributed by atoms with E-state index >= 15 is 0 Å². The van der Waals surface area contributed by atoms with Crippen molar-refractivity contribution in [2.24, 2.45) is 0 Å². The minimum atomic E-state index is -0.508. The number of pyridine rings is 2. The average molecular weight is 544 g/mol. The molecule has 1 amide bonds. The molecule has 0 saturated heterocycles. The first-order valence-electron chi connectivity index (χ1n) is 9.00. The van der Waals surface area contributed by atoms with Gasteiger partial charge in [0, 0.05) is 46.7 Å². The summed E-state index contributed by atoms with van der Waals surface area (Å²) in [6.07, 6.45) is 6.88. The summed E-state index contributed by atoms with van der Waals surface area (Å²) in [7, 11) is 0. The Morgan fingerprint density at radius 2 is 1.33 bits per heavy atom. The maximum Gasteiger partial charge on any atom is 0.241 e. The number of thiazole rings is 2. The first-order valence-corrected chi connectivity index (χ1v) is 12.2. The Labute approximate surface area is 212 Å². The summed E-state index contributed by atoms with van der Waals surface area (Å²) < 4.78 is 0. The van der Waals surface area contributed by atoms with E-state index in [0.29, 0.717) is 10.3 Å². The van der Waals surface area contributed by atoms with Crippen molar-refractivity contribution in [3.05, 3.63) is 59.8 Å². The van der Waals surface area contributed by atoms with Gasteiger partial charge in [-0.2, -0.15) is 0 Å². The molecule has 8 nitrogen and oxygen atoms in total. The van der Waals surface area contributed by atoms with E-state index in [2.05, 4.69) is 25.3 Å². The molecule has 4 rings (SSSR count). The van der Waals surface area contributed by atoms with Gasteiger partial charge in [-0.1, -0.05) is 0 Å². The van der Waals surface area contributed by atoms with E-state index in [1.54, 1.807) is 24.8 Å². The molecule has 0 spiro atoms. The van der Waals surface area contributed by atoms with Gasteiger partial charge >= 0.3 is 0 Å². The first kappa shape index (κ1) is 26.6. The maximum atomic E-state index is 11.0. The smallest absolute Gasteiger partial charge is 0.241 e. The first-order chi connectivity index (χ1) is 15.9. The number of nitrogens with one attached hydrogen (secondary N) is 1. The van der Waals surface area contributed by atoms with Gasteiger partial charge in [-0.3, -0.25) is 19.6 Å². The van der Waals surface area contributed by atoms with Crippen LogP contribution in [0.1, 0.15) is 0 Å². The molecule has 0 aliphatic heterocycles. The van der Waals surface area contributed by atoms with Crippen molar-refractivity contribution in [3.63, 3.8) is 0 Å². The molecule has 0 aliphatic carbocycles. The highest BCUT2D eigenvalue weighted by Crippen LogP contribution is 2.24. The number of nitrogen functional groups attached to an aromatic ring is 1. The van der Waals surface area contributed by atoms with Crippen LogP contribution in [0.5, 0.6) is 0 Å². The van der Waals surface area contributed by atoms with Gasteiger partial charge < -0.3 is 11.1 Å². The molecule has 0 unspecified atom stereocenters. The number of alkyl halides is 2. The van der Waals surface area contributed by atoms with Crippen LogP contribution in [-0.4, -0.2) is 42.8 Å². The molecule has 0 radical (unpaired) electrons. The lowest BCUT2D eigenvalue weighted by molar-refractivity contribution is -0.114. The second kappa shape index (κ2) is 14.5. The third kappa shape index (κ3) is 9.80. The van der Waals surface area contributed by atoms with Gasteiger partial charge in [-0.25, -0.2) is 9.97 Å². The molecule has 33 heavy (non-hydrogen) atoms. The normalized spacial score (nSPS) is 9.67. The van der Waals surface area contributed by atoms with E-state index in [1.165, 1.54) is 22.7 Å². The summed E-state index contributed by atoms with van der Waals surface area (Å²) in [5.74, 6) is -0.413. The van der Waals surface area contributed by atoms with Crippen LogP contribution >= 0.6 is 57.5 Å². The molecule has 0 bridgehead atoms. The molecule has 0 aliphatic rings. The van der Waals surface area contributed by atoms with Gasteiger partial charge in [-0.05, 0) is 35.9 Å². The van der Waals surface area contributed by atoms with Crippen LogP contribution in [0.15, 0.2) is 59.8 Å². The molecule has 3 N–H and O–H groups in total. The van der Waals surface area contributed by atoms with E-state index in [-0.39, 0.29) is 17.7 Å². The van der Waals surface area contributed by atoms with Gasteiger partial charge in [0.15, 0.2) is 10.3 Å². The topological polar surface area (TPSA) is 124 Å². The van der Waals surface area contributed by atoms with Crippen molar-refractivity contribution in [1.82, 2.24) is 19.9 Å². The molecule has 4 aromatic rings. The second-order valence-electron chi connectivity index (χ2n) is 5.75. The molecule has 0 saturated carbocycles. The number of rotatable bonds is 5. The molecule has 4 heterocycles. The summed E-state index contributed by atoms with van der Waals surface area (Å²) >= 11 is 17.7. The lowest BCUT2D eigenvalue weighted by Gasteiger charge is -1.96. The molecule has 0 fully saturated rings. The fourth-order valence-corrected chi connectivity index (χ4v) is 3.46. The van der Waals surface area contributed by atoms with Crippen molar-refractivity contribution >= 4 is 78.9 Å². The Balaban J connectivity index is 0.000000200. The Morgan fingerprint density at radius 3 is 1.76 bits per heavy atom. The number of carbonyl (C=O) groups excluding carboxylic acids is 2. The summed E-state index contributed by atoms with van der Waals surface area (Å²) in [4.78, 5) is 36.8. The van der Waals surface area contributed by atoms with Gasteiger partial charge in [0.2, 0.25) is 11.1 Å². The molecule has 0 aromatic carbocycles. The largest absolute Gasteiger partial charge is 0.375 e. The number of amides is 1. The number of nitrogens with two attached hydrogens (primary N) is 1. The minimum absolute atomic E-state index is 0.0653. The minimum Gasteiger partial charge on any atom is -0.375 e. The monoisotopic (exact) mass is 542 g/mol. The highest BCUT2D eigenvalue weighted by Gasteiger charge is 2.06. The standard InChI is InChI=1S/C10H8ClN3OS.C8H7N3S.C2H2Cl2O/c11-5-9(15)14-10-13-8(6-16-10)7-1-3-12-4-2-7;9-8-11-7(5-12-8)6-1-3-10-4-2-6;3-1-2(4)5/h1-4,6H,5H2,(H,13,14,15);1-5H,(H2,9,11);1H2. The lowest BCUT2D eigenvalue weighted by Crippen LogP contribution is -2.12. The number of hydrogen-bond acceptors (Lipinski definition) is 9. The summed E-state index contributed by atoms with van der Waals surface area (Å²) in [5.41, 5.74) is 9.26. The second-order valence-corrected chi connectivity index (χ2v) is 8.46. The molecule has 0 atom stereocenters. The fourth-order valence-electron chi connectivity index (χ4n) is 2.08. The third-order valence-electron chi connectivity index (χ3n) is 3.45. The number of halogens is 3. The van der Waals surface area contributed by atoms with Gasteiger partial charge in [-0.15, -0.1) is 45.9 Å². The Kier molecular flexibility index (Phi) is 11.7. The highest BCUT2D eigenvalue weighted by atomic mass is 35.5. The number of nitrogens with zero attached hydrogens (tertiary/aromatic N) is 4. The van der Waals surface area contributed by atoms with Crippen molar-refractivity contribution in [2.75, 3.05) is 22.8 Å². The summed E-state index contributed by atoms with van der Waals surface area (Å²) in [6.45, 7) is 0. The predicted octanol–water partition coefficient (Wildman–Crippen LogP) is 5.16. The summed E-state index contributed by atoms with van der Waals surface area (Å²) in [5, 5.41) is 7.06. The molecular formula is C20H17Cl3N6O2S2.